The number of nitrogens with one attached hydrogen (secondary N) is 2. The number of carbonyl (C=O) groups is 1. The molecule has 3 heterocycles. The molecule has 1 aromatic carbocycles. The SMILES string of the molecule is COc1cncc(-c2ccnc(Nc3cc(NC(=O)c4cc(S(=O)(=O)C(C)C)cs4)ccc3C)n2)c1. The number of sulfone groups is 1. The molecule has 0 spiro atoms. The van der Waals surface area contributed by atoms with Crippen LogP contribution in [0.25, 0.3) is 11.3 Å². The number of thiophene rings is 1. The van der Waals surface area contributed by atoms with Gasteiger partial charge in [-0.25, -0.2) is 18.4 Å². The summed E-state index contributed by atoms with van der Waals surface area (Å²) in [5.41, 5.74) is 3.63. The largest absolute Gasteiger partial charge is 0.495 e. The van der Waals surface area contributed by atoms with Crippen molar-refractivity contribution in [1.29, 1.82) is 0 Å². The van der Waals surface area contributed by atoms with Gasteiger partial charge >= 0.3 is 0 Å². The Bertz CT molecular complexity index is 1520. The number of methoxy groups -OCH3 is 1. The zero-order valence-electron chi connectivity index (χ0n) is 20.1. The van der Waals surface area contributed by atoms with Gasteiger partial charge in [0, 0.05) is 34.7 Å². The summed E-state index contributed by atoms with van der Waals surface area (Å²) in [5, 5.41) is 6.96. The van der Waals surface area contributed by atoms with Crippen LogP contribution in [0.2, 0.25) is 0 Å². The summed E-state index contributed by atoms with van der Waals surface area (Å²) in [5.74, 6) is 0.618. The average molecular weight is 524 g/mol. The van der Waals surface area contributed by atoms with E-state index in [2.05, 4.69) is 25.6 Å². The molecule has 0 bridgehead atoms. The molecule has 11 heteroatoms. The molecule has 2 N–H and O–H groups in total. The minimum Gasteiger partial charge on any atom is -0.495 e. The maximum absolute atomic E-state index is 12.8. The van der Waals surface area contributed by atoms with Gasteiger partial charge in [-0.15, -0.1) is 11.3 Å². The van der Waals surface area contributed by atoms with Gasteiger partial charge in [0.25, 0.3) is 5.91 Å². The number of aromatic nitrogens is 3. The number of pyridine rings is 1. The van der Waals surface area contributed by atoms with Crippen molar-refractivity contribution in [1.82, 2.24) is 15.0 Å². The number of anilines is 3. The molecule has 0 radical (unpaired) electrons. The summed E-state index contributed by atoms with van der Waals surface area (Å²) < 4.78 is 30.0. The number of benzene rings is 1. The summed E-state index contributed by atoms with van der Waals surface area (Å²) in [6, 6.07) is 10.4. The van der Waals surface area contributed by atoms with Crippen molar-refractivity contribution in [2.75, 3.05) is 17.7 Å². The summed E-state index contributed by atoms with van der Waals surface area (Å²) in [6.45, 7) is 5.15. The van der Waals surface area contributed by atoms with Gasteiger partial charge in [0.2, 0.25) is 5.95 Å². The van der Waals surface area contributed by atoms with Crippen molar-refractivity contribution < 1.29 is 17.9 Å². The zero-order valence-corrected chi connectivity index (χ0v) is 21.8. The third kappa shape index (κ3) is 5.52. The van der Waals surface area contributed by atoms with Crippen molar-refractivity contribution in [3.05, 3.63) is 70.8 Å². The lowest BCUT2D eigenvalue weighted by atomic mass is 10.1. The van der Waals surface area contributed by atoms with Crippen LogP contribution in [-0.4, -0.2) is 41.6 Å². The first-order valence-corrected chi connectivity index (χ1v) is 13.4. The fourth-order valence-electron chi connectivity index (χ4n) is 3.26. The molecule has 186 valence electrons. The van der Waals surface area contributed by atoms with Crippen molar-refractivity contribution in [2.45, 2.75) is 30.9 Å². The minimum atomic E-state index is -3.44. The highest BCUT2D eigenvalue weighted by Crippen LogP contribution is 2.27. The fraction of sp³-hybridized carbons (Fsp3) is 0.200. The van der Waals surface area contributed by atoms with E-state index in [1.54, 1.807) is 57.7 Å². The van der Waals surface area contributed by atoms with Gasteiger partial charge < -0.3 is 15.4 Å². The second kappa shape index (κ2) is 10.4. The molecule has 4 rings (SSSR count). The Morgan fingerprint density at radius 2 is 1.92 bits per heavy atom. The lowest BCUT2D eigenvalue weighted by Gasteiger charge is -2.12. The van der Waals surface area contributed by atoms with Crippen molar-refractivity contribution in [3.8, 4) is 17.0 Å². The molecule has 9 nitrogen and oxygen atoms in total. The number of hydrogen-bond acceptors (Lipinski definition) is 9. The number of carbonyl (C=O) groups excluding carboxylic acids is 1. The second-order valence-corrected chi connectivity index (χ2v) is 11.6. The molecule has 36 heavy (non-hydrogen) atoms. The van der Waals surface area contributed by atoms with E-state index >= 15 is 0 Å². The molecule has 0 fully saturated rings. The first-order valence-electron chi connectivity index (χ1n) is 11.0. The highest BCUT2D eigenvalue weighted by atomic mass is 32.2. The lowest BCUT2D eigenvalue weighted by Crippen LogP contribution is -2.14. The van der Waals surface area contributed by atoms with E-state index < -0.39 is 15.1 Å². The molecule has 3 aromatic heterocycles. The molecule has 1 amide bonds. The molecule has 0 saturated heterocycles. The lowest BCUT2D eigenvalue weighted by molar-refractivity contribution is 0.103. The normalized spacial score (nSPS) is 11.4. The smallest absolute Gasteiger partial charge is 0.265 e. The molecule has 4 aromatic rings. The van der Waals surface area contributed by atoms with Crippen LogP contribution in [0.1, 0.15) is 29.1 Å². The van der Waals surface area contributed by atoms with Gasteiger partial charge in [-0.1, -0.05) is 6.07 Å². The van der Waals surface area contributed by atoms with Crippen LogP contribution in [0.4, 0.5) is 17.3 Å². The van der Waals surface area contributed by atoms with Gasteiger partial charge in [0.1, 0.15) is 5.75 Å². The van der Waals surface area contributed by atoms with E-state index in [0.717, 1.165) is 22.5 Å². The Morgan fingerprint density at radius 1 is 1.11 bits per heavy atom. The van der Waals surface area contributed by atoms with Crippen molar-refractivity contribution in [3.63, 3.8) is 0 Å². The summed E-state index contributed by atoms with van der Waals surface area (Å²) in [7, 11) is -1.86. The van der Waals surface area contributed by atoms with E-state index in [4.69, 9.17) is 4.74 Å². The monoisotopic (exact) mass is 523 g/mol. The first kappa shape index (κ1) is 25.3. The van der Waals surface area contributed by atoms with E-state index in [1.807, 2.05) is 19.1 Å². The van der Waals surface area contributed by atoms with Crippen LogP contribution in [0.3, 0.4) is 0 Å². The Balaban J connectivity index is 1.52. The van der Waals surface area contributed by atoms with Gasteiger partial charge in [0.05, 0.1) is 34.0 Å². The number of ether oxygens (including phenoxy) is 1. The average Bonchev–Trinajstić information content (AvgIpc) is 3.38. The Labute approximate surface area is 213 Å². The summed E-state index contributed by atoms with van der Waals surface area (Å²) in [6.07, 6.45) is 4.95. The quantitative estimate of drug-likeness (QED) is 0.327. The van der Waals surface area contributed by atoms with Crippen LogP contribution in [0, 0.1) is 6.92 Å². The predicted molar refractivity (Wildman–Crippen MR) is 141 cm³/mol. The molecular weight excluding hydrogens is 498 g/mol. The van der Waals surface area contributed by atoms with Gasteiger partial charge in [-0.2, -0.15) is 0 Å². The molecule has 0 saturated carbocycles. The van der Waals surface area contributed by atoms with Gasteiger partial charge in [-0.05, 0) is 56.7 Å². The van der Waals surface area contributed by atoms with E-state index in [-0.39, 0.29) is 10.8 Å². The molecule has 0 aliphatic carbocycles. The molecule has 0 unspecified atom stereocenters. The van der Waals surface area contributed by atoms with Crippen LogP contribution in [0.15, 0.2) is 65.3 Å². The van der Waals surface area contributed by atoms with Crippen molar-refractivity contribution in [2.24, 2.45) is 0 Å². The standard InChI is InChI=1S/C25H25N5O4S2/c1-15(2)36(32,33)20-11-23(35-14-20)24(31)28-18-6-5-16(3)22(10-18)30-25-27-8-7-21(29-25)17-9-19(34-4)13-26-12-17/h5-15H,1-4H3,(H,28,31)(H,27,29,30). The van der Waals surface area contributed by atoms with Crippen molar-refractivity contribution >= 4 is 44.4 Å². The maximum atomic E-state index is 12.8. The number of rotatable bonds is 8. The maximum Gasteiger partial charge on any atom is 0.265 e. The highest BCUT2D eigenvalue weighted by molar-refractivity contribution is 7.92. The Morgan fingerprint density at radius 3 is 2.67 bits per heavy atom. The van der Waals surface area contributed by atoms with Gasteiger partial charge in [0.15, 0.2) is 9.84 Å². The zero-order chi connectivity index (χ0) is 25.9. The van der Waals surface area contributed by atoms with E-state index in [1.165, 1.54) is 11.4 Å². The van der Waals surface area contributed by atoms with Crippen LogP contribution in [0.5, 0.6) is 5.75 Å². The van der Waals surface area contributed by atoms with Gasteiger partial charge in [-0.3, -0.25) is 9.78 Å². The third-order valence-corrected chi connectivity index (χ3v) is 8.60. The van der Waals surface area contributed by atoms with Crippen LogP contribution < -0.4 is 15.4 Å². The summed E-state index contributed by atoms with van der Waals surface area (Å²) >= 11 is 1.09. The minimum absolute atomic E-state index is 0.155. The van der Waals surface area contributed by atoms with Crippen LogP contribution in [-0.2, 0) is 9.84 Å². The molecule has 0 atom stereocenters. The second-order valence-electron chi connectivity index (χ2n) is 8.23. The summed E-state index contributed by atoms with van der Waals surface area (Å²) in [4.78, 5) is 26.3. The predicted octanol–water partition coefficient (Wildman–Crippen LogP) is 5.10. The number of hydrogen-bond donors (Lipinski definition) is 2. The Kier molecular flexibility index (Phi) is 7.32. The molecule has 0 aliphatic heterocycles. The number of nitrogens with zero attached hydrogens (tertiary/aromatic N) is 3. The molecule has 0 aliphatic rings. The van der Waals surface area contributed by atoms with E-state index in [9.17, 15) is 13.2 Å². The van der Waals surface area contributed by atoms with Crippen LogP contribution >= 0.6 is 11.3 Å². The first-order chi connectivity index (χ1) is 17.2. The number of amides is 1. The molecular formula is C25H25N5O4S2. The topological polar surface area (TPSA) is 123 Å². The van der Waals surface area contributed by atoms with E-state index in [0.29, 0.717) is 33.6 Å². The Hall–Kier alpha value is -3.83. The fourth-order valence-corrected chi connectivity index (χ4v) is 5.50. The third-order valence-electron chi connectivity index (χ3n) is 5.39. The highest BCUT2D eigenvalue weighted by Gasteiger charge is 2.22. The number of aryl methyl sites for hydroxylation is 1.